The van der Waals surface area contributed by atoms with Gasteiger partial charge in [0.15, 0.2) is 0 Å². The normalized spacial score (nSPS) is 14.7. The Kier molecular flexibility index (Phi) is 9.65. The number of esters is 2. The molecular formula is C19H16F10O5S. The first-order valence-corrected chi connectivity index (χ1v) is 9.65. The van der Waals surface area contributed by atoms with E-state index in [0.29, 0.717) is 24.3 Å². The fourth-order valence-electron chi connectivity index (χ4n) is 2.27. The second kappa shape index (κ2) is 11.1. The summed E-state index contributed by atoms with van der Waals surface area (Å²) in [6.45, 7) is 1.62. The highest BCUT2D eigenvalue weighted by molar-refractivity contribution is 7.81. The van der Waals surface area contributed by atoms with Gasteiger partial charge in [0.2, 0.25) is 0 Å². The molecular weight excluding hydrogens is 530 g/mol. The highest BCUT2D eigenvalue weighted by atomic mass is 32.1. The van der Waals surface area contributed by atoms with Crippen molar-refractivity contribution in [2.45, 2.75) is 48.6 Å². The van der Waals surface area contributed by atoms with Crippen molar-refractivity contribution >= 4 is 24.6 Å². The van der Waals surface area contributed by atoms with Gasteiger partial charge in [-0.2, -0.15) is 43.9 Å². The number of ether oxygens (including phenoxy) is 3. The second-order valence-electron chi connectivity index (χ2n) is 6.70. The molecule has 0 N–H and O–H groups in total. The molecule has 0 aliphatic rings. The molecule has 1 aromatic carbocycles. The SMILES string of the molecule is C=CC(=O)OC(OCCCCC(F)(F)C(F)(F)S)(C(=O)Oc1ccc(C(F)(F)F)cc1)C(F)(F)F. The van der Waals surface area contributed by atoms with E-state index in [2.05, 4.69) is 33.4 Å². The Morgan fingerprint density at radius 3 is 1.89 bits per heavy atom. The molecule has 0 fully saturated rings. The summed E-state index contributed by atoms with van der Waals surface area (Å²) in [4.78, 5) is 23.8. The van der Waals surface area contributed by atoms with Crippen LogP contribution >= 0.6 is 12.6 Å². The van der Waals surface area contributed by atoms with Crippen molar-refractivity contribution in [3.63, 3.8) is 0 Å². The Bertz CT molecular complexity index is 893. The molecule has 0 bridgehead atoms. The third kappa shape index (κ3) is 8.02. The van der Waals surface area contributed by atoms with Crippen molar-refractivity contribution in [1.29, 1.82) is 0 Å². The zero-order valence-electron chi connectivity index (χ0n) is 17.2. The van der Waals surface area contributed by atoms with Crippen molar-refractivity contribution in [2.24, 2.45) is 0 Å². The lowest BCUT2D eigenvalue weighted by Crippen LogP contribution is -2.59. The summed E-state index contributed by atoms with van der Waals surface area (Å²) in [6.07, 6.45) is -13.6. The van der Waals surface area contributed by atoms with Crippen LogP contribution in [0.5, 0.6) is 5.75 Å². The van der Waals surface area contributed by atoms with Crippen LogP contribution in [-0.2, 0) is 25.2 Å². The van der Waals surface area contributed by atoms with Gasteiger partial charge >= 0.3 is 41.3 Å². The molecule has 35 heavy (non-hydrogen) atoms. The average Bonchev–Trinajstić information content (AvgIpc) is 2.70. The number of carbonyl (C=O) groups is 2. The second-order valence-corrected chi connectivity index (χ2v) is 7.26. The maximum atomic E-state index is 13.8. The number of halogens is 10. The van der Waals surface area contributed by atoms with Gasteiger partial charge in [-0.05, 0) is 37.1 Å². The van der Waals surface area contributed by atoms with E-state index in [0.717, 1.165) is 0 Å². The standard InChI is InChI=1S/C19H16F10O5S/c1-2-13(30)34-16(18(25,26)27,32-10-4-3-9-15(20,21)19(28,29)35)14(31)33-12-7-5-11(6-8-12)17(22,23)24/h2,5-8,35H,1,3-4,9-10H2. The van der Waals surface area contributed by atoms with Crippen molar-refractivity contribution in [3.05, 3.63) is 42.5 Å². The molecule has 0 spiro atoms. The third-order valence-corrected chi connectivity index (χ3v) is 4.40. The van der Waals surface area contributed by atoms with E-state index in [4.69, 9.17) is 0 Å². The molecule has 0 saturated carbocycles. The number of rotatable bonds is 11. The molecule has 198 valence electrons. The fourth-order valence-corrected chi connectivity index (χ4v) is 2.38. The van der Waals surface area contributed by atoms with Gasteiger partial charge in [-0.25, -0.2) is 9.59 Å². The van der Waals surface area contributed by atoms with Gasteiger partial charge in [-0.1, -0.05) is 19.2 Å². The first-order chi connectivity index (χ1) is 15.8. The Hall–Kier alpha value is -2.49. The predicted molar refractivity (Wildman–Crippen MR) is 101 cm³/mol. The van der Waals surface area contributed by atoms with Gasteiger partial charge in [-0.15, -0.1) is 0 Å². The summed E-state index contributed by atoms with van der Waals surface area (Å²) in [5, 5.41) is -4.71. The third-order valence-electron chi connectivity index (χ3n) is 4.08. The first kappa shape index (κ1) is 30.5. The number of alkyl halides is 10. The molecule has 0 aliphatic heterocycles. The predicted octanol–water partition coefficient (Wildman–Crippen LogP) is 5.94. The number of hydrogen-bond donors (Lipinski definition) is 1. The molecule has 0 radical (unpaired) electrons. The number of thiol groups is 1. The highest BCUT2D eigenvalue weighted by Gasteiger charge is 2.68. The summed E-state index contributed by atoms with van der Waals surface area (Å²) in [5.41, 5.74) is -1.22. The van der Waals surface area contributed by atoms with E-state index >= 15 is 0 Å². The van der Waals surface area contributed by atoms with E-state index in [1.165, 1.54) is 0 Å². The van der Waals surface area contributed by atoms with Gasteiger partial charge in [0.1, 0.15) is 5.75 Å². The van der Waals surface area contributed by atoms with E-state index < -0.39 is 78.4 Å². The molecule has 0 aromatic heterocycles. The Labute approximate surface area is 196 Å². The summed E-state index contributed by atoms with van der Waals surface area (Å²) in [7, 11) is 0. The average molecular weight is 546 g/mol. The van der Waals surface area contributed by atoms with Crippen LogP contribution in [0.4, 0.5) is 43.9 Å². The summed E-state index contributed by atoms with van der Waals surface area (Å²) in [5.74, 6) is -14.2. The maximum Gasteiger partial charge on any atom is 0.468 e. The van der Waals surface area contributed by atoms with Gasteiger partial charge in [-0.3, -0.25) is 0 Å². The van der Waals surface area contributed by atoms with Crippen LogP contribution in [0.2, 0.25) is 0 Å². The zero-order valence-corrected chi connectivity index (χ0v) is 18.1. The quantitative estimate of drug-likeness (QED) is 0.0708. The van der Waals surface area contributed by atoms with Crippen LogP contribution in [0.3, 0.4) is 0 Å². The van der Waals surface area contributed by atoms with Crippen molar-refractivity contribution in [1.82, 2.24) is 0 Å². The van der Waals surface area contributed by atoms with Crippen LogP contribution < -0.4 is 4.74 Å². The minimum absolute atomic E-state index is 0.213. The minimum Gasteiger partial charge on any atom is -0.421 e. The molecule has 1 rings (SSSR count). The zero-order chi connectivity index (χ0) is 27.3. The van der Waals surface area contributed by atoms with E-state index in [9.17, 15) is 53.5 Å². The summed E-state index contributed by atoms with van der Waals surface area (Å²) < 4.78 is 144. The monoisotopic (exact) mass is 546 g/mol. The minimum atomic E-state index is -5.85. The van der Waals surface area contributed by atoms with Gasteiger partial charge < -0.3 is 14.2 Å². The summed E-state index contributed by atoms with van der Waals surface area (Å²) in [6, 6.07) is 1.76. The molecule has 1 aromatic rings. The number of carbonyl (C=O) groups excluding carboxylic acids is 2. The van der Waals surface area contributed by atoms with E-state index in [-0.39, 0.29) is 6.08 Å². The number of hydrogen-bond acceptors (Lipinski definition) is 6. The van der Waals surface area contributed by atoms with Crippen molar-refractivity contribution in [2.75, 3.05) is 6.61 Å². The van der Waals surface area contributed by atoms with Crippen molar-refractivity contribution in [3.8, 4) is 5.75 Å². The smallest absolute Gasteiger partial charge is 0.421 e. The van der Waals surface area contributed by atoms with Crippen LogP contribution in [-0.4, -0.2) is 41.7 Å². The lowest BCUT2D eigenvalue weighted by atomic mass is 10.1. The molecule has 16 heteroatoms. The Morgan fingerprint density at radius 2 is 1.46 bits per heavy atom. The van der Waals surface area contributed by atoms with Crippen LogP contribution in [0.15, 0.2) is 36.9 Å². The van der Waals surface area contributed by atoms with Crippen LogP contribution in [0.1, 0.15) is 24.8 Å². The lowest BCUT2D eigenvalue weighted by molar-refractivity contribution is -0.352. The molecule has 0 amide bonds. The highest BCUT2D eigenvalue weighted by Crippen LogP contribution is 2.41. The van der Waals surface area contributed by atoms with Gasteiger partial charge in [0, 0.05) is 12.5 Å². The van der Waals surface area contributed by atoms with Gasteiger partial charge in [0.25, 0.3) is 0 Å². The first-order valence-electron chi connectivity index (χ1n) is 9.20. The Morgan fingerprint density at radius 1 is 0.914 bits per heavy atom. The number of benzene rings is 1. The topological polar surface area (TPSA) is 61.8 Å². The molecule has 0 heterocycles. The number of unbranched alkanes of at least 4 members (excludes halogenated alkanes) is 1. The van der Waals surface area contributed by atoms with E-state index in [1.54, 1.807) is 0 Å². The summed E-state index contributed by atoms with van der Waals surface area (Å²) >= 11 is 2.43. The molecule has 1 atom stereocenters. The maximum absolute atomic E-state index is 13.8. The molecule has 5 nitrogen and oxygen atoms in total. The van der Waals surface area contributed by atoms with Crippen LogP contribution in [0, 0.1) is 0 Å². The van der Waals surface area contributed by atoms with Gasteiger partial charge in [0.05, 0.1) is 12.2 Å². The molecule has 0 saturated heterocycles. The Balaban J connectivity index is 3.10. The fraction of sp³-hybridized carbons (Fsp3) is 0.474. The van der Waals surface area contributed by atoms with E-state index in [1.807, 2.05) is 0 Å². The lowest BCUT2D eigenvalue weighted by Gasteiger charge is -2.32. The van der Waals surface area contributed by atoms with Crippen molar-refractivity contribution < 1.29 is 67.7 Å². The molecule has 1 unspecified atom stereocenters. The largest absolute Gasteiger partial charge is 0.468 e. The molecule has 0 aliphatic carbocycles. The van der Waals surface area contributed by atoms with Crippen LogP contribution in [0.25, 0.3) is 0 Å².